The molecule has 0 aliphatic carbocycles. The van der Waals surface area contributed by atoms with Crippen molar-refractivity contribution in [3.05, 3.63) is 23.8 Å². The van der Waals surface area contributed by atoms with Gasteiger partial charge in [-0.2, -0.15) is 5.26 Å². The highest BCUT2D eigenvalue weighted by Crippen LogP contribution is 2.30. The Kier molecular flexibility index (Phi) is 2.35. The lowest BCUT2D eigenvalue weighted by Gasteiger charge is -2.08. The van der Waals surface area contributed by atoms with Crippen molar-refractivity contribution < 1.29 is 17.9 Å². The number of anilines is 1. The van der Waals surface area contributed by atoms with Crippen molar-refractivity contribution in [1.82, 2.24) is 4.98 Å². The van der Waals surface area contributed by atoms with E-state index in [9.17, 15) is 13.2 Å². The van der Waals surface area contributed by atoms with Crippen molar-refractivity contribution in [2.24, 2.45) is 0 Å². The third kappa shape index (κ3) is 2.10. The Labute approximate surface area is 93.4 Å². The highest BCUT2D eigenvalue weighted by Gasteiger charge is 2.31. The molecule has 0 aliphatic heterocycles. The number of nitriles is 1. The molecule has 1 heterocycles. The SMILES string of the molecule is N#Cc1c(N)[nH]c2ccc(OC(F)(F)F)cc12. The first kappa shape index (κ1) is 11.1. The van der Waals surface area contributed by atoms with Gasteiger partial charge in [-0.1, -0.05) is 0 Å². The Balaban J connectivity index is 2.53. The van der Waals surface area contributed by atoms with Crippen molar-refractivity contribution in [3.8, 4) is 11.8 Å². The standard InChI is InChI=1S/C10H6F3N3O/c11-10(12,13)17-5-1-2-8-6(3-5)7(4-14)9(15)16-8/h1-3,16H,15H2. The van der Waals surface area contributed by atoms with E-state index in [-0.39, 0.29) is 17.1 Å². The van der Waals surface area contributed by atoms with Gasteiger partial charge in [0.15, 0.2) is 0 Å². The van der Waals surface area contributed by atoms with E-state index >= 15 is 0 Å². The predicted octanol–water partition coefficient (Wildman–Crippen LogP) is 2.52. The van der Waals surface area contributed by atoms with Crippen molar-refractivity contribution in [1.29, 1.82) is 5.26 Å². The second-order valence-corrected chi connectivity index (χ2v) is 3.28. The number of rotatable bonds is 1. The molecule has 2 aromatic rings. The summed E-state index contributed by atoms with van der Waals surface area (Å²) in [7, 11) is 0. The molecule has 0 aliphatic rings. The molecule has 1 aromatic heterocycles. The number of aromatic nitrogens is 1. The smallest absolute Gasteiger partial charge is 0.406 e. The topological polar surface area (TPSA) is 74.8 Å². The van der Waals surface area contributed by atoms with Crippen LogP contribution in [0.2, 0.25) is 0 Å². The van der Waals surface area contributed by atoms with Crippen LogP contribution in [-0.4, -0.2) is 11.3 Å². The number of H-pyrrole nitrogens is 1. The molecule has 0 saturated heterocycles. The van der Waals surface area contributed by atoms with Crippen LogP contribution in [0.25, 0.3) is 10.9 Å². The van der Waals surface area contributed by atoms with Gasteiger partial charge in [0.2, 0.25) is 0 Å². The molecule has 0 bridgehead atoms. The number of nitrogens with zero attached hydrogens (tertiary/aromatic N) is 1. The number of hydrogen-bond acceptors (Lipinski definition) is 3. The molecule has 17 heavy (non-hydrogen) atoms. The van der Waals surface area contributed by atoms with Gasteiger partial charge in [-0.15, -0.1) is 13.2 Å². The molecule has 1 aromatic carbocycles. The van der Waals surface area contributed by atoms with Crippen LogP contribution in [-0.2, 0) is 0 Å². The number of alkyl halides is 3. The molecule has 0 fully saturated rings. The van der Waals surface area contributed by atoms with E-state index in [1.807, 2.05) is 6.07 Å². The number of benzene rings is 1. The molecule has 7 heteroatoms. The predicted molar refractivity (Wildman–Crippen MR) is 54.1 cm³/mol. The zero-order valence-corrected chi connectivity index (χ0v) is 8.30. The van der Waals surface area contributed by atoms with Gasteiger partial charge < -0.3 is 15.5 Å². The van der Waals surface area contributed by atoms with Crippen LogP contribution < -0.4 is 10.5 Å². The van der Waals surface area contributed by atoms with Gasteiger partial charge in [0.25, 0.3) is 0 Å². The minimum absolute atomic E-state index is 0.104. The molecular weight excluding hydrogens is 235 g/mol. The van der Waals surface area contributed by atoms with Gasteiger partial charge in [-0.25, -0.2) is 0 Å². The fourth-order valence-corrected chi connectivity index (χ4v) is 1.51. The van der Waals surface area contributed by atoms with E-state index in [1.54, 1.807) is 0 Å². The lowest BCUT2D eigenvalue weighted by Crippen LogP contribution is -2.16. The van der Waals surface area contributed by atoms with Crippen LogP contribution >= 0.6 is 0 Å². The van der Waals surface area contributed by atoms with E-state index in [4.69, 9.17) is 11.0 Å². The summed E-state index contributed by atoms with van der Waals surface area (Å²) in [4.78, 5) is 2.69. The molecule has 0 unspecified atom stereocenters. The summed E-state index contributed by atoms with van der Waals surface area (Å²) >= 11 is 0. The number of aromatic amines is 1. The Morgan fingerprint density at radius 1 is 1.35 bits per heavy atom. The van der Waals surface area contributed by atoms with Crippen LogP contribution in [0.4, 0.5) is 19.0 Å². The van der Waals surface area contributed by atoms with Crippen LogP contribution in [0.3, 0.4) is 0 Å². The minimum Gasteiger partial charge on any atom is -0.406 e. The Bertz CT molecular complexity index is 610. The van der Waals surface area contributed by atoms with Crippen molar-refractivity contribution in [3.63, 3.8) is 0 Å². The Hall–Kier alpha value is -2.36. The van der Waals surface area contributed by atoms with Crippen LogP contribution in [0.5, 0.6) is 5.75 Å². The molecule has 88 valence electrons. The lowest BCUT2D eigenvalue weighted by molar-refractivity contribution is -0.274. The molecule has 0 radical (unpaired) electrons. The molecule has 0 atom stereocenters. The highest BCUT2D eigenvalue weighted by molar-refractivity contribution is 5.91. The number of nitrogens with two attached hydrogens (primary N) is 1. The molecule has 3 N–H and O–H groups in total. The van der Waals surface area contributed by atoms with E-state index in [0.717, 1.165) is 12.1 Å². The average molecular weight is 241 g/mol. The first-order chi connectivity index (χ1) is 7.90. The van der Waals surface area contributed by atoms with Gasteiger partial charge in [0, 0.05) is 10.9 Å². The van der Waals surface area contributed by atoms with Crippen LogP contribution in [0.1, 0.15) is 5.56 Å². The summed E-state index contributed by atoms with van der Waals surface area (Å²) in [6.07, 6.45) is -4.76. The van der Waals surface area contributed by atoms with E-state index in [2.05, 4.69) is 9.72 Å². The highest BCUT2D eigenvalue weighted by atomic mass is 19.4. The molecule has 4 nitrogen and oxygen atoms in total. The summed E-state index contributed by atoms with van der Waals surface area (Å²) in [6.45, 7) is 0. The number of hydrogen-bond donors (Lipinski definition) is 2. The zero-order chi connectivity index (χ0) is 12.6. The largest absolute Gasteiger partial charge is 0.573 e. The molecule has 0 saturated carbocycles. The summed E-state index contributed by atoms with van der Waals surface area (Å²) in [5, 5.41) is 9.11. The number of halogens is 3. The van der Waals surface area contributed by atoms with Gasteiger partial charge in [0.1, 0.15) is 23.2 Å². The van der Waals surface area contributed by atoms with Crippen molar-refractivity contribution in [2.75, 3.05) is 5.73 Å². The summed E-state index contributed by atoms with van der Waals surface area (Å²) in [5.74, 6) is -0.271. The second-order valence-electron chi connectivity index (χ2n) is 3.28. The van der Waals surface area contributed by atoms with Crippen molar-refractivity contribution >= 4 is 16.7 Å². The maximum atomic E-state index is 12.0. The van der Waals surface area contributed by atoms with E-state index < -0.39 is 6.36 Å². The number of fused-ring (bicyclic) bond motifs is 1. The first-order valence-electron chi connectivity index (χ1n) is 4.48. The Morgan fingerprint density at radius 2 is 2.06 bits per heavy atom. The quantitative estimate of drug-likeness (QED) is 0.805. The van der Waals surface area contributed by atoms with Crippen molar-refractivity contribution in [2.45, 2.75) is 6.36 Å². The number of ether oxygens (including phenoxy) is 1. The van der Waals surface area contributed by atoms with E-state index in [1.165, 1.54) is 6.07 Å². The maximum Gasteiger partial charge on any atom is 0.573 e. The second kappa shape index (κ2) is 3.59. The normalized spacial score (nSPS) is 11.4. The average Bonchev–Trinajstić information content (AvgIpc) is 2.50. The van der Waals surface area contributed by atoms with E-state index in [0.29, 0.717) is 10.9 Å². The zero-order valence-electron chi connectivity index (χ0n) is 8.30. The first-order valence-corrected chi connectivity index (χ1v) is 4.48. The van der Waals surface area contributed by atoms with Gasteiger partial charge in [-0.3, -0.25) is 0 Å². The van der Waals surface area contributed by atoms with Gasteiger partial charge in [0.05, 0.1) is 0 Å². The van der Waals surface area contributed by atoms with Gasteiger partial charge >= 0.3 is 6.36 Å². The monoisotopic (exact) mass is 241 g/mol. The van der Waals surface area contributed by atoms with Gasteiger partial charge in [-0.05, 0) is 18.2 Å². The minimum atomic E-state index is -4.76. The molecular formula is C10H6F3N3O. The third-order valence-corrected chi connectivity index (χ3v) is 2.14. The number of nitrogens with one attached hydrogen (secondary N) is 1. The maximum absolute atomic E-state index is 12.0. The fourth-order valence-electron chi connectivity index (χ4n) is 1.51. The molecule has 0 amide bonds. The summed E-state index contributed by atoms with van der Waals surface area (Å²) < 4.78 is 39.8. The summed E-state index contributed by atoms with van der Waals surface area (Å²) in [6, 6.07) is 5.45. The summed E-state index contributed by atoms with van der Waals surface area (Å²) in [5.41, 5.74) is 6.08. The number of nitrogen functional groups attached to an aromatic ring is 1. The Morgan fingerprint density at radius 3 is 2.65 bits per heavy atom. The molecule has 2 rings (SSSR count). The lowest BCUT2D eigenvalue weighted by atomic mass is 10.2. The van der Waals surface area contributed by atoms with Crippen LogP contribution in [0, 0.1) is 11.3 Å². The molecule has 0 spiro atoms. The third-order valence-electron chi connectivity index (χ3n) is 2.14. The fraction of sp³-hybridized carbons (Fsp3) is 0.100. The van der Waals surface area contributed by atoms with Crippen LogP contribution in [0.15, 0.2) is 18.2 Å².